The number of hydrogen-bond acceptors (Lipinski definition) is 2. The Labute approximate surface area is 140 Å². The highest BCUT2D eigenvalue weighted by atomic mass is 16.7. The third kappa shape index (κ3) is 2.73. The molecule has 3 rings (SSSR count). The maximum Gasteiger partial charge on any atom is 0.495 e. The van der Waals surface area contributed by atoms with Crippen molar-refractivity contribution in [3.8, 4) is 11.1 Å². The lowest BCUT2D eigenvalue weighted by Gasteiger charge is -2.32. The van der Waals surface area contributed by atoms with Gasteiger partial charge in [0.25, 0.3) is 0 Å². The molecule has 0 amide bonds. The Morgan fingerprint density at radius 3 is 1.91 bits per heavy atom. The van der Waals surface area contributed by atoms with Crippen molar-refractivity contribution < 1.29 is 9.31 Å². The van der Waals surface area contributed by atoms with Gasteiger partial charge in [0.1, 0.15) is 0 Å². The normalized spacial score (nSPS) is 19.1. The van der Waals surface area contributed by atoms with Crippen LogP contribution in [0.25, 0.3) is 11.1 Å². The van der Waals surface area contributed by atoms with Crippen LogP contribution in [0.3, 0.4) is 0 Å². The Bertz CT molecular complexity index is 718. The van der Waals surface area contributed by atoms with Gasteiger partial charge in [0, 0.05) is 0 Å². The number of benzene rings is 2. The Morgan fingerprint density at radius 2 is 1.30 bits per heavy atom. The van der Waals surface area contributed by atoms with Gasteiger partial charge < -0.3 is 9.31 Å². The summed E-state index contributed by atoms with van der Waals surface area (Å²) in [5.74, 6) is 0. The van der Waals surface area contributed by atoms with Gasteiger partial charge in [-0.2, -0.15) is 0 Å². The number of aryl methyl sites for hydroxylation is 1. The summed E-state index contributed by atoms with van der Waals surface area (Å²) in [5, 5.41) is 0. The molecule has 0 N–H and O–H groups in total. The smallest absolute Gasteiger partial charge is 0.399 e. The van der Waals surface area contributed by atoms with Crippen LogP contribution in [0.4, 0.5) is 0 Å². The number of rotatable bonds is 2. The molecule has 1 saturated heterocycles. The monoisotopic (exact) mass is 308 g/mol. The average Bonchev–Trinajstić information content (AvgIpc) is 2.68. The van der Waals surface area contributed by atoms with Gasteiger partial charge in [-0.1, -0.05) is 42.5 Å². The quantitative estimate of drug-likeness (QED) is 0.771. The largest absolute Gasteiger partial charge is 0.495 e. The zero-order chi connectivity index (χ0) is 16.8. The van der Waals surface area contributed by atoms with E-state index < -0.39 is 0 Å². The van der Waals surface area contributed by atoms with Gasteiger partial charge in [-0.25, -0.2) is 0 Å². The van der Waals surface area contributed by atoms with Gasteiger partial charge in [-0.05, 0) is 69.3 Å². The zero-order valence-corrected chi connectivity index (χ0v) is 14.9. The van der Waals surface area contributed by atoms with Crippen molar-refractivity contribution >= 4 is 12.6 Å². The molecule has 1 fully saturated rings. The highest BCUT2D eigenvalue weighted by Gasteiger charge is 2.52. The molecule has 0 atom stereocenters. The lowest BCUT2D eigenvalue weighted by molar-refractivity contribution is 0.00578. The lowest BCUT2D eigenvalue weighted by Crippen LogP contribution is -2.41. The summed E-state index contributed by atoms with van der Waals surface area (Å²) in [6.07, 6.45) is 0. The van der Waals surface area contributed by atoms with Crippen molar-refractivity contribution in [1.29, 1.82) is 0 Å². The topological polar surface area (TPSA) is 18.5 Å². The Hall–Kier alpha value is -1.58. The first-order chi connectivity index (χ1) is 10.7. The fourth-order valence-electron chi connectivity index (χ4n) is 3.05. The molecule has 1 aliphatic rings. The Morgan fingerprint density at radius 1 is 0.739 bits per heavy atom. The third-order valence-electron chi connectivity index (χ3n) is 5.32. The molecule has 0 unspecified atom stereocenters. The van der Waals surface area contributed by atoms with E-state index in [1.165, 1.54) is 22.3 Å². The molecule has 23 heavy (non-hydrogen) atoms. The molecule has 120 valence electrons. The molecule has 3 heteroatoms. The maximum atomic E-state index is 6.23. The molecular formula is C20H25BO2. The molecule has 2 nitrogen and oxygen atoms in total. The molecule has 0 spiro atoms. The fourth-order valence-corrected chi connectivity index (χ4v) is 3.05. The predicted molar refractivity (Wildman–Crippen MR) is 97.1 cm³/mol. The summed E-state index contributed by atoms with van der Waals surface area (Å²) < 4.78 is 12.5. The summed E-state index contributed by atoms with van der Waals surface area (Å²) in [6.45, 7) is 12.7. The van der Waals surface area contributed by atoms with E-state index in [0.29, 0.717) is 0 Å². The van der Waals surface area contributed by atoms with Gasteiger partial charge in [-0.3, -0.25) is 0 Å². The molecule has 2 aromatic rings. The minimum Gasteiger partial charge on any atom is -0.399 e. The fraction of sp³-hybridized carbons (Fsp3) is 0.400. The van der Waals surface area contributed by atoms with E-state index in [1.807, 2.05) is 0 Å². The minimum atomic E-state index is -0.317. The predicted octanol–water partition coefficient (Wildman–Crippen LogP) is 4.27. The van der Waals surface area contributed by atoms with Crippen LogP contribution in [0.1, 0.15) is 38.8 Å². The summed E-state index contributed by atoms with van der Waals surface area (Å²) >= 11 is 0. The first-order valence-corrected chi connectivity index (χ1v) is 8.24. The van der Waals surface area contributed by atoms with Crippen LogP contribution in [0, 0.1) is 13.8 Å². The molecule has 0 saturated carbocycles. The Kier molecular flexibility index (Phi) is 3.90. The van der Waals surface area contributed by atoms with Crippen LogP contribution >= 0.6 is 0 Å². The molecule has 1 aliphatic heterocycles. The summed E-state index contributed by atoms with van der Waals surface area (Å²) in [6, 6.07) is 14.9. The van der Waals surface area contributed by atoms with Crippen LogP contribution in [-0.4, -0.2) is 18.3 Å². The molecular weight excluding hydrogens is 283 g/mol. The molecule has 1 heterocycles. The van der Waals surface area contributed by atoms with E-state index in [2.05, 4.69) is 84.0 Å². The Balaban J connectivity index is 2.04. The second kappa shape index (κ2) is 5.50. The third-order valence-corrected chi connectivity index (χ3v) is 5.32. The van der Waals surface area contributed by atoms with Crippen molar-refractivity contribution in [3.05, 3.63) is 53.6 Å². The van der Waals surface area contributed by atoms with E-state index in [-0.39, 0.29) is 18.3 Å². The van der Waals surface area contributed by atoms with Crippen LogP contribution in [-0.2, 0) is 9.31 Å². The van der Waals surface area contributed by atoms with Gasteiger partial charge in [-0.15, -0.1) is 0 Å². The molecule has 2 aromatic carbocycles. The van der Waals surface area contributed by atoms with Crippen molar-refractivity contribution in [1.82, 2.24) is 0 Å². The van der Waals surface area contributed by atoms with Crippen LogP contribution < -0.4 is 5.46 Å². The van der Waals surface area contributed by atoms with Crippen molar-refractivity contribution in [2.24, 2.45) is 0 Å². The van der Waals surface area contributed by atoms with Crippen molar-refractivity contribution in [2.75, 3.05) is 0 Å². The van der Waals surface area contributed by atoms with Gasteiger partial charge in [0.05, 0.1) is 11.2 Å². The molecule has 0 aromatic heterocycles. The molecule has 0 bridgehead atoms. The second-order valence-electron chi connectivity index (χ2n) is 7.42. The maximum absolute atomic E-state index is 6.23. The van der Waals surface area contributed by atoms with Crippen LogP contribution in [0.15, 0.2) is 42.5 Å². The standard InChI is InChI=1S/C20H25BO2/c1-14-10-7-8-11-16(14)17-12-9-13-18(15(17)2)21-22-19(3,4)20(5,6)23-21/h7-13H,1-6H3. The minimum absolute atomic E-state index is 0.316. The lowest BCUT2D eigenvalue weighted by atomic mass is 9.74. The number of hydrogen-bond donors (Lipinski definition) is 0. The van der Waals surface area contributed by atoms with Crippen molar-refractivity contribution in [2.45, 2.75) is 52.7 Å². The van der Waals surface area contributed by atoms with E-state index >= 15 is 0 Å². The van der Waals surface area contributed by atoms with E-state index in [4.69, 9.17) is 9.31 Å². The second-order valence-corrected chi connectivity index (χ2v) is 7.42. The molecule has 0 radical (unpaired) electrons. The SMILES string of the molecule is Cc1ccccc1-c1cccc(B2OC(C)(C)C(C)(C)O2)c1C. The van der Waals surface area contributed by atoms with E-state index in [0.717, 1.165) is 5.46 Å². The average molecular weight is 308 g/mol. The summed E-state index contributed by atoms with van der Waals surface area (Å²) in [5.41, 5.74) is 5.50. The summed E-state index contributed by atoms with van der Waals surface area (Å²) in [7, 11) is -0.316. The van der Waals surface area contributed by atoms with Crippen molar-refractivity contribution in [3.63, 3.8) is 0 Å². The van der Waals surface area contributed by atoms with E-state index in [1.54, 1.807) is 0 Å². The first kappa shape index (κ1) is 16.3. The molecule has 0 aliphatic carbocycles. The zero-order valence-electron chi connectivity index (χ0n) is 14.9. The van der Waals surface area contributed by atoms with Crippen LogP contribution in [0.5, 0.6) is 0 Å². The summed E-state index contributed by atoms with van der Waals surface area (Å²) in [4.78, 5) is 0. The van der Waals surface area contributed by atoms with Gasteiger partial charge in [0.15, 0.2) is 0 Å². The van der Waals surface area contributed by atoms with E-state index in [9.17, 15) is 0 Å². The van der Waals surface area contributed by atoms with Gasteiger partial charge in [0.2, 0.25) is 0 Å². The highest BCUT2D eigenvalue weighted by molar-refractivity contribution is 6.62. The highest BCUT2D eigenvalue weighted by Crippen LogP contribution is 2.37. The van der Waals surface area contributed by atoms with Crippen LogP contribution in [0.2, 0.25) is 0 Å². The first-order valence-electron chi connectivity index (χ1n) is 8.24. The van der Waals surface area contributed by atoms with Gasteiger partial charge >= 0.3 is 7.12 Å².